The van der Waals surface area contributed by atoms with Crippen LogP contribution in [0.5, 0.6) is 5.75 Å². The van der Waals surface area contributed by atoms with Crippen LogP contribution in [0.1, 0.15) is 29.4 Å². The lowest BCUT2D eigenvalue weighted by atomic mass is 10.2. The van der Waals surface area contributed by atoms with Crippen LogP contribution in [0.25, 0.3) is 10.9 Å². The smallest absolute Gasteiger partial charge is 0.268 e. The van der Waals surface area contributed by atoms with Crippen LogP contribution in [-0.4, -0.2) is 16.6 Å². The minimum atomic E-state index is -0.334. The van der Waals surface area contributed by atoms with Gasteiger partial charge in [-0.2, -0.15) is 0 Å². The van der Waals surface area contributed by atoms with Crippen molar-refractivity contribution >= 4 is 28.4 Å². The Balaban J connectivity index is 1.69. The van der Waals surface area contributed by atoms with Gasteiger partial charge in [0, 0.05) is 17.5 Å². The molecule has 0 saturated heterocycles. The van der Waals surface area contributed by atoms with Crippen molar-refractivity contribution in [3.8, 4) is 5.75 Å². The molecule has 1 unspecified atom stereocenters. The van der Waals surface area contributed by atoms with Gasteiger partial charge < -0.3 is 14.6 Å². The standard InChI is InChI=1S/C20H18ClFN2O2/c1-2-13-11-24-17(9-14-15(21)7-8-18(26-13)19(14)24)20(25)23-10-12-5-3-4-6-16(12)22/h3-9,13H,2,10-11H2,1H3,(H,23,25). The van der Waals surface area contributed by atoms with E-state index in [9.17, 15) is 9.18 Å². The van der Waals surface area contributed by atoms with E-state index in [0.717, 1.165) is 23.1 Å². The molecule has 26 heavy (non-hydrogen) atoms. The van der Waals surface area contributed by atoms with Crippen molar-refractivity contribution in [3.05, 3.63) is 64.6 Å². The van der Waals surface area contributed by atoms with Gasteiger partial charge in [0.2, 0.25) is 0 Å². The van der Waals surface area contributed by atoms with E-state index in [2.05, 4.69) is 5.32 Å². The van der Waals surface area contributed by atoms with Crippen LogP contribution in [-0.2, 0) is 13.1 Å². The summed E-state index contributed by atoms with van der Waals surface area (Å²) in [6.07, 6.45) is 0.829. The van der Waals surface area contributed by atoms with Crippen molar-refractivity contribution in [2.24, 2.45) is 0 Å². The maximum Gasteiger partial charge on any atom is 0.268 e. The number of carbonyl (C=O) groups excluding carboxylic acids is 1. The van der Waals surface area contributed by atoms with Crippen LogP contribution in [0.4, 0.5) is 4.39 Å². The lowest BCUT2D eigenvalue weighted by Gasteiger charge is -2.26. The van der Waals surface area contributed by atoms with E-state index in [1.807, 2.05) is 17.6 Å². The van der Waals surface area contributed by atoms with Crippen LogP contribution in [0.3, 0.4) is 0 Å². The highest BCUT2D eigenvalue weighted by Crippen LogP contribution is 2.38. The third kappa shape index (κ3) is 2.82. The Bertz CT molecular complexity index is 999. The highest BCUT2D eigenvalue weighted by atomic mass is 35.5. The van der Waals surface area contributed by atoms with Gasteiger partial charge >= 0.3 is 0 Å². The van der Waals surface area contributed by atoms with Gasteiger partial charge in [-0.05, 0) is 30.7 Å². The van der Waals surface area contributed by atoms with Crippen LogP contribution in [0.15, 0.2) is 42.5 Å². The lowest BCUT2D eigenvalue weighted by molar-refractivity contribution is 0.0935. The van der Waals surface area contributed by atoms with E-state index >= 15 is 0 Å². The molecule has 1 amide bonds. The number of amides is 1. The minimum absolute atomic E-state index is 0.00241. The summed E-state index contributed by atoms with van der Waals surface area (Å²) in [5.74, 6) is 0.137. The van der Waals surface area contributed by atoms with Gasteiger partial charge in [-0.25, -0.2) is 4.39 Å². The van der Waals surface area contributed by atoms with Crippen molar-refractivity contribution in [1.29, 1.82) is 0 Å². The number of nitrogens with zero attached hydrogens (tertiary/aromatic N) is 1. The third-order valence-corrected chi connectivity index (χ3v) is 5.06. The van der Waals surface area contributed by atoms with Crippen molar-refractivity contribution in [2.45, 2.75) is 32.5 Å². The third-order valence-electron chi connectivity index (χ3n) is 4.73. The summed E-state index contributed by atoms with van der Waals surface area (Å²) in [6.45, 7) is 2.75. The summed E-state index contributed by atoms with van der Waals surface area (Å²) < 4.78 is 21.7. The number of hydrogen-bond acceptors (Lipinski definition) is 2. The number of carbonyl (C=O) groups is 1. The summed E-state index contributed by atoms with van der Waals surface area (Å²) >= 11 is 6.31. The zero-order valence-electron chi connectivity index (χ0n) is 14.3. The second-order valence-corrected chi connectivity index (χ2v) is 6.78. The average Bonchev–Trinajstić information content (AvgIpc) is 3.04. The molecule has 1 aliphatic heterocycles. The predicted molar refractivity (Wildman–Crippen MR) is 99.2 cm³/mol. The van der Waals surface area contributed by atoms with E-state index < -0.39 is 0 Å². The summed E-state index contributed by atoms with van der Waals surface area (Å²) in [5, 5.41) is 4.16. The molecule has 0 fully saturated rings. The summed E-state index contributed by atoms with van der Waals surface area (Å²) in [5.41, 5.74) is 1.79. The molecule has 4 rings (SSSR count). The number of hydrogen-bond donors (Lipinski definition) is 1. The van der Waals surface area contributed by atoms with E-state index in [0.29, 0.717) is 22.8 Å². The molecule has 2 aromatic carbocycles. The van der Waals surface area contributed by atoms with Crippen LogP contribution >= 0.6 is 11.6 Å². The fourth-order valence-electron chi connectivity index (χ4n) is 3.33. The number of aromatic nitrogens is 1. The fraction of sp³-hybridized carbons (Fsp3) is 0.250. The molecule has 1 atom stereocenters. The predicted octanol–water partition coefficient (Wildman–Crippen LogP) is 4.53. The first-order valence-corrected chi connectivity index (χ1v) is 8.96. The molecule has 0 spiro atoms. The van der Waals surface area contributed by atoms with Gasteiger partial charge in [0.05, 0.1) is 17.1 Å². The molecule has 1 aliphatic rings. The van der Waals surface area contributed by atoms with E-state index in [-0.39, 0.29) is 24.4 Å². The summed E-state index contributed by atoms with van der Waals surface area (Å²) in [7, 11) is 0. The maximum atomic E-state index is 13.8. The summed E-state index contributed by atoms with van der Waals surface area (Å²) in [6, 6.07) is 11.8. The zero-order chi connectivity index (χ0) is 18.3. The number of nitrogens with one attached hydrogen (secondary N) is 1. The topological polar surface area (TPSA) is 43.3 Å². The average molecular weight is 373 g/mol. The second kappa shape index (κ2) is 6.65. The van der Waals surface area contributed by atoms with Crippen LogP contribution in [0, 0.1) is 5.82 Å². The molecule has 0 aliphatic carbocycles. The quantitative estimate of drug-likeness (QED) is 0.731. The Morgan fingerprint density at radius 3 is 2.92 bits per heavy atom. The molecule has 134 valence electrons. The molecule has 4 nitrogen and oxygen atoms in total. The molecular weight excluding hydrogens is 355 g/mol. The van der Waals surface area contributed by atoms with Crippen molar-refractivity contribution in [3.63, 3.8) is 0 Å². The van der Waals surface area contributed by atoms with Crippen LogP contribution in [0.2, 0.25) is 5.02 Å². The molecule has 0 bridgehead atoms. The highest BCUT2D eigenvalue weighted by Gasteiger charge is 2.27. The van der Waals surface area contributed by atoms with Gasteiger partial charge in [-0.15, -0.1) is 0 Å². The minimum Gasteiger partial charge on any atom is -0.486 e. The first kappa shape index (κ1) is 16.9. The molecule has 1 aromatic heterocycles. The van der Waals surface area contributed by atoms with Gasteiger partial charge in [-0.3, -0.25) is 4.79 Å². The second-order valence-electron chi connectivity index (χ2n) is 6.37. The van der Waals surface area contributed by atoms with Crippen molar-refractivity contribution in [2.75, 3.05) is 0 Å². The summed E-state index contributed by atoms with van der Waals surface area (Å²) in [4.78, 5) is 12.8. The number of halogens is 2. The molecular formula is C20H18ClFN2O2. The van der Waals surface area contributed by atoms with Crippen LogP contribution < -0.4 is 10.1 Å². The maximum absolute atomic E-state index is 13.8. The Hall–Kier alpha value is -2.53. The number of benzene rings is 2. The molecule has 3 aromatic rings. The molecule has 1 N–H and O–H groups in total. The molecule has 2 heterocycles. The highest BCUT2D eigenvalue weighted by molar-refractivity contribution is 6.36. The normalized spacial score (nSPS) is 15.7. The Morgan fingerprint density at radius 2 is 2.15 bits per heavy atom. The monoisotopic (exact) mass is 372 g/mol. The van der Waals surface area contributed by atoms with Crippen molar-refractivity contribution < 1.29 is 13.9 Å². The number of rotatable bonds is 4. The van der Waals surface area contributed by atoms with Crippen molar-refractivity contribution in [1.82, 2.24) is 9.88 Å². The molecule has 6 heteroatoms. The van der Waals surface area contributed by atoms with Gasteiger partial charge in [-0.1, -0.05) is 36.7 Å². The SMILES string of the molecule is CCC1Cn2c(C(=O)NCc3ccccc3F)cc3c(Cl)ccc(c32)O1. The van der Waals surface area contributed by atoms with Gasteiger partial charge in [0.15, 0.2) is 0 Å². The van der Waals surface area contributed by atoms with E-state index in [1.54, 1.807) is 30.3 Å². The Kier molecular flexibility index (Phi) is 4.32. The lowest BCUT2D eigenvalue weighted by Crippen LogP contribution is -2.31. The fourth-order valence-corrected chi connectivity index (χ4v) is 3.53. The van der Waals surface area contributed by atoms with Gasteiger partial charge in [0.25, 0.3) is 5.91 Å². The molecule has 0 saturated carbocycles. The Labute approximate surface area is 155 Å². The zero-order valence-corrected chi connectivity index (χ0v) is 15.0. The largest absolute Gasteiger partial charge is 0.486 e. The number of ether oxygens (including phenoxy) is 1. The first-order chi connectivity index (χ1) is 12.6. The molecule has 0 radical (unpaired) electrons. The first-order valence-electron chi connectivity index (χ1n) is 8.58. The van der Waals surface area contributed by atoms with E-state index in [4.69, 9.17) is 16.3 Å². The van der Waals surface area contributed by atoms with Gasteiger partial charge in [0.1, 0.15) is 23.4 Å². The Morgan fingerprint density at radius 1 is 1.35 bits per heavy atom. The van der Waals surface area contributed by atoms with E-state index in [1.165, 1.54) is 6.07 Å².